The van der Waals surface area contributed by atoms with Crippen molar-refractivity contribution in [1.82, 2.24) is 10.2 Å². The molecule has 0 radical (unpaired) electrons. The van der Waals surface area contributed by atoms with Crippen LogP contribution in [0.5, 0.6) is 0 Å². The molecule has 1 aliphatic heterocycles. The maximum atomic E-state index is 12.0. The number of hydrogen-bond acceptors (Lipinski definition) is 4. The Morgan fingerprint density at radius 3 is 3.00 bits per heavy atom. The van der Waals surface area contributed by atoms with Crippen molar-refractivity contribution in [2.45, 2.75) is 38.4 Å². The second kappa shape index (κ2) is 5.12. The molecule has 0 saturated carbocycles. The van der Waals surface area contributed by atoms with Crippen LogP contribution < -0.4 is 5.32 Å². The molecule has 1 atom stereocenters. The molecule has 5 heteroatoms. The van der Waals surface area contributed by atoms with Crippen molar-refractivity contribution in [3.63, 3.8) is 0 Å². The van der Waals surface area contributed by atoms with Crippen LogP contribution in [0.25, 0.3) is 0 Å². The number of carbonyl (C=O) groups is 1. The molecule has 1 aliphatic rings. The van der Waals surface area contributed by atoms with Gasteiger partial charge < -0.3 is 14.8 Å². The molecule has 1 saturated heterocycles. The predicted molar refractivity (Wildman–Crippen MR) is 66.8 cm³/mol. The quantitative estimate of drug-likeness (QED) is 0.829. The molecule has 1 fully saturated rings. The highest BCUT2D eigenvalue weighted by atomic mass is 16.3. The summed E-state index contributed by atoms with van der Waals surface area (Å²) in [6.45, 7) is 5.33. The molecule has 1 aromatic rings. The normalized spacial score (nSPS) is 23.9. The molecule has 1 amide bonds. The van der Waals surface area contributed by atoms with E-state index in [0.717, 1.165) is 12.3 Å². The van der Waals surface area contributed by atoms with E-state index in [-0.39, 0.29) is 24.1 Å². The van der Waals surface area contributed by atoms with E-state index in [1.165, 1.54) is 0 Å². The van der Waals surface area contributed by atoms with Crippen LogP contribution in [-0.4, -0.2) is 40.6 Å². The minimum absolute atomic E-state index is 0.00711. The van der Waals surface area contributed by atoms with Gasteiger partial charge in [-0.15, -0.1) is 0 Å². The first-order valence-electron chi connectivity index (χ1n) is 6.21. The lowest BCUT2D eigenvalue weighted by molar-refractivity contribution is -0.134. The van der Waals surface area contributed by atoms with E-state index < -0.39 is 0 Å². The van der Waals surface area contributed by atoms with Crippen LogP contribution in [0.2, 0.25) is 0 Å². The average Bonchev–Trinajstić information content (AvgIpc) is 2.75. The van der Waals surface area contributed by atoms with Crippen molar-refractivity contribution in [2.75, 3.05) is 13.2 Å². The number of aliphatic hydroxyl groups is 1. The maximum absolute atomic E-state index is 12.0. The second-order valence-corrected chi connectivity index (χ2v) is 5.39. The first-order chi connectivity index (χ1) is 8.52. The number of nitrogens with one attached hydrogen (secondary N) is 1. The predicted octanol–water partition coefficient (Wildman–Crippen LogP) is 0.741. The lowest BCUT2D eigenvalue weighted by Gasteiger charge is -2.43. The summed E-state index contributed by atoms with van der Waals surface area (Å²) in [6.07, 6.45) is 2.08. The van der Waals surface area contributed by atoms with Crippen molar-refractivity contribution in [3.05, 3.63) is 24.2 Å². The SMILES string of the molecule is CC1(C)CN(Cc2ccco2)C(CCO)C(=O)N1. The van der Waals surface area contributed by atoms with E-state index in [2.05, 4.69) is 10.2 Å². The van der Waals surface area contributed by atoms with Gasteiger partial charge in [-0.1, -0.05) is 0 Å². The number of piperazine rings is 1. The molecule has 2 heterocycles. The minimum atomic E-state index is -0.284. The summed E-state index contributed by atoms with van der Waals surface area (Å²) in [4.78, 5) is 14.1. The lowest BCUT2D eigenvalue weighted by atomic mass is 9.96. The number of furan rings is 1. The van der Waals surface area contributed by atoms with Gasteiger partial charge in [0.2, 0.25) is 5.91 Å². The summed E-state index contributed by atoms with van der Waals surface area (Å²) in [7, 11) is 0. The summed E-state index contributed by atoms with van der Waals surface area (Å²) in [5.41, 5.74) is -0.254. The number of rotatable bonds is 4. The highest BCUT2D eigenvalue weighted by molar-refractivity contribution is 5.83. The fraction of sp³-hybridized carbons (Fsp3) is 0.615. The summed E-state index contributed by atoms with van der Waals surface area (Å²) >= 11 is 0. The zero-order chi connectivity index (χ0) is 13.2. The Kier molecular flexibility index (Phi) is 3.73. The van der Waals surface area contributed by atoms with Crippen LogP contribution in [0.4, 0.5) is 0 Å². The number of nitrogens with zero attached hydrogens (tertiary/aromatic N) is 1. The van der Waals surface area contributed by atoms with E-state index in [4.69, 9.17) is 9.52 Å². The Hall–Kier alpha value is -1.33. The topological polar surface area (TPSA) is 65.7 Å². The van der Waals surface area contributed by atoms with Crippen molar-refractivity contribution in [2.24, 2.45) is 0 Å². The van der Waals surface area contributed by atoms with Crippen LogP contribution in [0.1, 0.15) is 26.0 Å². The van der Waals surface area contributed by atoms with Gasteiger partial charge in [0.1, 0.15) is 5.76 Å². The first-order valence-corrected chi connectivity index (χ1v) is 6.21. The Morgan fingerprint density at radius 2 is 2.39 bits per heavy atom. The third-order valence-corrected chi connectivity index (χ3v) is 3.14. The summed E-state index contributed by atoms with van der Waals surface area (Å²) in [5, 5.41) is 12.1. The summed E-state index contributed by atoms with van der Waals surface area (Å²) in [5.74, 6) is 0.815. The molecular weight excluding hydrogens is 232 g/mol. The standard InChI is InChI=1S/C13H20N2O3/c1-13(2)9-15(8-10-4-3-7-18-10)11(5-6-16)12(17)14-13/h3-4,7,11,16H,5-6,8-9H2,1-2H3,(H,14,17). The molecular formula is C13H20N2O3. The lowest BCUT2D eigenvalue weighted by Crippen LogP contribution is -2.64. The molecule has 100 valence electrons. The molecule has 5 nitrogen and oxygen atoms in total. The summed E-state index contributed by atoms with van der Waals surface area (Å²) < 4.78 is 5.33. The number of carbonyl (C=O) groups excluding carboxylic acids is 1. The molecule has 1 unspecified atom stereocenters. The maximum Gasteiger partial charge on any atom is 0.237 e. The highest BCUT2D eigenvalue weighted by Crippen LogP contribution is 2.20. The Labute approximate surface area is 107 Å². The van der Waals surface area contributed by atoms with Gasteiger partial charge in [-0.25, -0.2) is 0 Å². The van der Waals surface area contributed by atoms with Crippen LogP contribution in [-0.2, 0) is 11.3 Å². The third-order valence-electron chi connectivity index (χ3n) is 3.14. The van der Waals surface area contributed by atoms with Gasteiger partial charge in [-0.05, 0) is 32.4 Å². The molecule has 2 rings (SSSR count). The monoisotopic (exact) mass is 252 g/mol. The average molecular weight is 252 g/mol. The minimum Gasteiger partial charge on any atom is -0.468 e. The van der Waals surface area contributed by atoms with Gasteiger partial charge in [0.25, 0.3) is 0 Å². The Bertz CT molecular complexity index is 400. The second-order valence-electron chi connectivity index (χ2n) is 5.39. The van der Waals surface area contributed by atoms with Crippen LogP contribution in [0, 0.1) is 0 Å². The van der Waals surface area contributed by atoms with Gasteiger partial charge in [0.15, 0.2) is 0 Å². The smallest absolute Gasteiger partial charge is 0.237 e. The fourth-order valence-corrected chi connectivity index (χ4v) is 2.44. The van der Waals surface area contributed by atoms with Crippen molar-refractivity contribution >= 4 is 5.91 Å². The third kappa shape index (κ3) is 2.91. The van der Waals surface area contributed by atoms with E-state index >= 15 is 0 Å². The van der Waals surface area contributed by atoms with Crippen molar-refractivity contribution < 1.29 is 14.3 Å². The van der Waals surface area contributed by atoms with Crippen LogP contribution in [0.3, 0.4) is 0 Å². The van der Waals surface area contributed by atoms with Gasteiger partial charge >= 0.3 is 0 Å². The van der Waals surface area contributed by atoms with Crippen LogP contribution in [0.15, 0.2) is 22.8 Å². The fourth-order valence-electron chi connectivity index (χ4n) is 2.44. The number of amides is 1. The summed E-state index contributed by atoms with van der Waals surface area (Å²) in [6, 6.07) is 3.45. The van der Waals surface area contributed by atoms with Crippen molar-refractivity contribution in [3.8, 4) is 0 Å². The first kappa shape index (κ1) is 13.1. The van der Waals surface area contributed by atoms with E-state index in [1.807, 2.05) is 26.0 Å². The molecule has 0 aromatic carbocycles. The van der Waals surface area contributed by atoms with Gasteiger partial charge in [0.05, 0.1) is 18.8 Å². The molecule has 0 spiro atoms. The molecule has 18 heavy (non-hydrogen) atoms. The largest absolute Gasteiger partial charge is 0.468 e. The number of aliphatic hydroxyl groups excluding tert-OH is 1. The Balaban J connectivity index is 2.13. The molecule has 0 aliphatic carbocycles. The molecule has 2 N–H and O–H groups in total. The van der Waals surface area contributed by atoms with E-state index in [9.17, 15) is 4.79 Å². The van der Waals surface area contributed by atoms with E-state index in [1.54, 1.807) is 6.26 Å². The van der Waals surface area contributed by atoms with Gasteiger partial charge in [-0.2, -0.15) is 0 Å². The zero-order valence-corrected chi connectivity index (χ0v) is 10.8. The van der Waals surface area contributed by atoms with Gasteiger partial charge in [0, 0.05) is 18.7 Å². The van der Waals surface area contributed by atoms with Crippen LogP contribution >= 0.6 is 0 Å². The zero-order valence-electron chi connectivity index (χ0n) is 10.8. The highest BCUT2D eigenvalue weighted by Gasteiger charge is 2.38. The van der Waals surface area contributed by atoms with E-state index in [0.29, 0.717) is 13.0 Å². The van der Waals surface area contributed by atoms with Crippen molar-refractivity contribution in [1.29, 1.82) is 0 Å². The molecule has 1 aromatic heterocycles. The molecule has 0 bridgehead atoms. The van der Waals surface area contributed by atoms with Gasteiger partial charge in [-0.3, -0.25) is 9.69 Å². The Morgan fingerprint density at radius 1 is 1.61 bits per heavy atom. The number of hydrogen-bond donors (Lipinski definition) is 2.